The Morgan fingerprint density at radius 3 is 2.32 bits per heavy atom. The zero-order chi connectivity index (χ0) is 25.8. The summed E-state index contributed by atoms with van der Waals surface area (Å²) in [7, 11) is 1.55. The number of anilines is 3. The topological polar surface area (TPSA) is 105 Å². The van der Waals surface area contributed by atoms with E-state index >= 15 is 0 Å². The highest BCUT2D eigenvalue weighted by molar-refractivity contribution is 6.00. The number of hydrogen-bond acceptors (Lipinski definition) is 5. The molecule has 1 saturated heterocycles. The van der Waals surface area contributed by atoms with Crippen LogP contribution in [0.15, 0.2) is 91.3 Å². The van der Waals surface area contributed by atoms with E-state index in [9.17, 15) is 14.7 Å². The molecule has 3 N–H and O–H groups in total. The van der Waals surface area contributed by atoms with Crippen molar-refractivity contribution in [2.75, 3.05) is 35.7 Å². The van der Waals surface area contributed by atoms with Gasteiger partial charge in [0, 0.05) is 18.1 Å². The highest BCUT2D eigenvalue weighted by Crippen LogP contribution is 2.33. The van der Waals surface area contributed by atoms with Gasteiger partial charge in [0.15, 0.2) is 0 Å². The van der Waals surface area contributed by atoms with Crippen molar-refractivity contribution < 1.29 is 24.2 Å². The van der Waals surface area contributed by atoms with Crippen molar-refractivity contribution >= 4 is 29.1 Å². The first-order valence-electron chi connectivity index (χ1n) is 11.7. The minimum atomic E-state index is -0.968. The standard InChI is InChI=1S/C28H26N4O5/c1-36-25-10-3-2-8-23(25)30-28(35)29-19-11-13-20(14-12-19)37-21-17-32(18-21)24-9-6-7-22(27(33)34)26(24)31-15-4-5-16-31/h2-16,21H,17-18H2,1H3,(H,33,34)(H2,29,30,35). The van der Waals surface area contributed by atoms with Gasteiger partial charge in [-0.1, -0.05) is 18.2 Å². The molecule has 5 rings (SSSR count). The summed E-state index contributed by atoms with van der Waals surface area (Å²) in [4.78, 5) is 26.3. The summed E-state index contributed by atoms with van der Waals surface area (Å²) < 4.78 is 13.2. The SMILES string of the molecule is COc1ccccc1NC(=O)Nc1ccc(OC2CN(c3cccc(C(=O)O)c3-n3cccc3)C2)cc1. The molecule has 0 spiro atoms. The number of aromatic nitrogens is 1. The van der Waals surface area contributed by atoms with Gasteiger partial charge in [-0.05, 0) is 60.7 Å². The number of hydrogen-bond donors (Lipinski definition) is 3. The molecule has 188 valence electrons. The number of carbonyl (C=O) groups excluding carboxylic acids is 1. The van der Waals surface area contributed by atoms with Crippen LogP contribution < -0.4 is 25.0 Å². The Balaban J connectivity index is 1.18. The highest BCUT2D eigenvalue weighted by atomic mass is 16.5. The van der Waals surface area contributed by atoms with E-state index in [1.807, 2.05) is 47.3 Å². The van der Waals surface area contributed by atoms with Crippen molar-refractivity contribution in [3.05, 3.63) is 96.8 Å². The maximum Gasteiger partial charge on any atom is 0.337 e. The number of urea groups is 1. The Bertz CT molecular complexity index is 1400. The first-order chi connectivity index (χ1) is 18.0. The Labute approximate surface area is 213 Å². The minimum absolute atomic E-state index is 0.0429. The Morgan fingerprint density at radius 2 is 1.62 bits per heavy atom. The van der Waals surface area contributed by atoms with Crippen LogP contribution in [0.3, 0.4) is 0 Å². The van der Waals surface area contributed by atoms with Crippen molar-refractivity contribution in [1.29, 1.82) is 0 Å². The molecule has 1 aliphatic rings. The Morgan fingerprint density at radius 1 is 0.892 bits per heavy atom. The van der Waals surface area contributed by atoms with Crippen molar-refractivity contribution in [1.82, 2.24) is 4.57 Å². The Hall–Kier alpha value is -4.92. The predicted octanol–water partition coefficient (Wildman–Crippen LogP) is 5.10. The first-order valence-corrected chi connectivity index (χ1v) is 11.7. The molecule has 1 aromatic heterocycles. The number of carboxylic acid groups (broad SMARTS) is 1. The van der Waals surface area contributed by atoms with Crippen molar-refractivity contribution in [3.63, 3.8) is 0 Å². The lowest BCUT2D eigenvalue weighted by molar-refractivity contribution is 0.0697. The first kappa shape index (κ1) is 23.8. The van der Waals surface area contributed by atoms with Crippen LogP contribution in [0.25, 0.3) is 5.69 Å². The van der Waals surface area contributed by atoms with Crippen LogP contribution in [-0.4, -0.2) is 48.0 Å². The molecule has 9 heteroatoms. The zero-order valence-corrected chi connectivity index (χ0v) is 20.1. The quantitative estimate of drug-likeness (QED) is 0.312. The molecule has 1 aliphatic heterocycles. The molecular formula is C28H26N4O5. The van der Waals surface area contributed by atoms with Crippen LogP contribution in [-0.2, 0) is 0 Å². The third kappa shape index (κ3) is 5.20. The normalized spacial score (nSPS) is 12.9. The fourth-order valence-corrected chi connectivity index (χ4v) is 4.27. The maximum atomic E-state index is 12.4. The van der Waals surface area contributed by atoms with Gasteiger partial charge in [0.25, 0.3) is 0 Å². The van der Waals surface area contributed by atoms with Crippen molar-refractivity contribution in [3.8, 4) is 17.2 Å². The van der Waals surface area contributed by atoms with E-state index in [1.54, 1.807) is 55.6 Å². The molecule has 1 fully saturated rings. The molecule has 9 nitrogen and oxygen atoms in total. The van der Waals surface area contributed by atoms with E-state index in [0.29, 0.717) is 41.7 Å². The third-order valence-electron chi connectivity index (χ3n) is 6.07. The molecule has 37 heavy (non-hydrogen) atoms. The number of ether oxygens (including phenoxy) is 2. The second-order valence-electron chi connectivity index (χ2n) is 8.52. The number of nitrogens with one attached hydrogen (secondary N) is 2. The number of rotatable bonds is 8. The fraction of sp³-hybridized carbons (Fsp3) is 0.143. The molecule has 0 bridgehead atoms. The van der Waals surface area contributed by atoms with Crippen LogP contribution in [0.1, 0.15) is 10.4 Å². The summed E-state index contributed by atoms with van der Waals surface area (Å²) in [6.45, 7) is 1.25. The number of para-hydroxylation sites is 3. The summed E-state index contributed by atoms with van der Waals surface area (Å²) in [6, 6.07) is 23.0. The van der Waals surface area contributed by atoms with E-state index in [1.165, 1.54) is 0 Å². The summed E-state index contributed by atoms with van der Waals surface area (Å²) in [6.07, 6.45) is 3.63. The molecule has 0 aliphatic carbocycles. The van der Waals surface area contributed by atoms with Crippen molar-refractivity contribution in [2.24, 2.45) is 0 Å². The van der Waals surface area contributed by atoms with Gasteiger partial charge in [-0.2, -0.15) is 0 Å². The fourth-order valence-electron chi connectivity index (χ4n) is 4.27. The van der Waals surface area contributed by atoms with Crippen molar-refractivity contribution in [2.45, 2.75) is 6.10 Å². The molecule has 0 unspecified atom stereocenters. The predicted molar refractivity (Wildman–Crippen MR) is 141 cm³/mol. The van der Waals surface area contributed by atoms with E-state index in [-0.39, 0.29) is 17.7 Å². The van der Waals surface area contributed by atoms with Gasteiger partial charge in [-0.15, -0.1) is 0 Å². The average Bonchev–Trinajstić information content (AvgIpc) is 3.41. The monoisotopic (exact) mass is 498 g/mol. The van der Waals surface area contributed by atoms with Gasteiger partial charge < -0.3 is 34.7 Å². The second kappa shape index (κ2) is 10.4. The average molecular weight is 499 g/mol. The summed E-state index contributed by atoms with van der Waals surface area (Å²) in [5, 5.41) is 15.3. The van der Waals surface area contributed by atoms with Gasteiger partial charge >= 0.3 is 12.0 Å². The minimum Gasteiger partial charge on any atom is -0.495 e. The van der Waals surface area contributed by atoms with Crippen LogP contribution in [0.5, 0.6) is 11.5 Å². The van der Waals surface area contributed by atoms with Crippen LogP contribution in [0.4, 0.5) is 21.9 Å². The molecule has 2 heterocycles. The van der Waals surface area contributed by atoms with Crippen LogP contribution >= 0.6 is 0 Å². The summed E-state index contributed by atoms with van der Waals surface area (Å²) >= 11 is 0. The van der Waals surface area contributed by atoms with E-state index in [0.717, 1.165) is 5.69 Å². The summed E-state index contributed by atoms with van der Waals surface area (Å²) in [5.41, 5.74) is 2.93. The molecule has 0 atom stereocenters. The Kier molecular flexibility index (Phi) is 6.67. The van der Waals surface area contributed by atoms with Gasteiger partial charge in [0.2, 0.25) is 0 Å². The van der Waals surface area contributed by atoms with Gasteiger partial charge in [-0.3, -0.25) is 0 Å². The molecule has 0 saturated carbocycles. The lowest BCUT2D eigenvalue weighted by atomic mass is 10.1. The highest BCUT2D eigenvalue weighted by Gasteiger charge is 2.31. The number of nitrogens with zero attached hydrogens (tertiary/aromatic N) is 2. The number of carbonyl (C=O) groups is 2. The van der Waals surface area contributed by atoms with E-state index in [4.69, 9.17) is 9.47 Å². The number of carboxylic acids is 1. The van der Waals surface area contributed by atoms with Gasteiger partial charge in [0.1, 0.15) is 17.6 Å². The molecule has 4 aromatic rings. The number of aromatic carboxylic acids is 1. The van der Waals surface area contributed by atoms with Crippen LogP contribution in [0, 0.1) is 0 Å². The zero-order valence-electron chi connectivity index (χ0n) is 20.1. The maximum absolute atomic E-state index is 12.4. The molecule has 3 aromatic carbocycles. The molecular weight excluding hydrogens is 472 g/mol. The van der Waals surface area contributed by atoms with E-state index < -0.39 is 5.97 Å². The lowest BCUT2D eigenvalue weighted by Gasteiger charge is -2.41. The number of methoxy groups -OCH3 is 1. The van der Waals surface area contributed by atoms with Gasteiger partial charge in [-0.25, -0.2) is 9.59 Å². The van der Waals surface area contributed by atoms with E-state index in [2.05, 4.69) is 15.5 Å². The number of amides is 2. The molecule has 0 radical (unpaired) electrons. The lowest BCUT2D eigenvalue weighted by Crippen LogP contribution is -2.54. The second-order valence-corrected chi connectivity index (χ2v) is 8.52. The molecule has 2 amide bonds. The van der Waals surface area contributed by atoms with Gasteiger partial charge in [0.05, 0.1) is 42.8 Å². The number of benzene rings is 3. The smallest absolute Gasteiger partial charge is 0.337 e. The van der Waals surface area contributed by atoms with Crippen LogP contribution in [0.2, 0.25) is 0 Å². The third-order valence-corrected chi connectivity index (χ3v) is 6.07. The summed E-state index contributed by atoms with van der Waals surface area (Å²) in [5.74, 6) is 0.292. The largest absolute Gasteiger partial charge is 0.495 e.